The van der Waals surface area contributed by atoms with E-state index in [1.54, 1.807) is 0 Å². The number of hydrogen-bond donors (Lipinski definition) is 0. The molecule has 0 fully saturated rings. The molecule has 0 saturated carbocycles. The Kier molecular flexibility index (Phi) is 6.97. The number of allylic oxidation sites excluding steroid dienone is 4. The summed E-state index contributed by atoms with van der Waals surface area (Å²) in [6.07, 6.45) is 10.6. The van der Waals surface area contributed by atoms with Crippen LogP contribution < -0.4 is 10.6 Å². The molecule has 0 amide bonds. The molecule has 3 rings (SSSR count). The van der Waals surface area contributed by atoms with Gasteiger partial charge in [0.15, 0.2) is 0 Å². The van der Waals surface area contributed by atoms with Gasteiger partial charge in [-0.05, 0) is 54.6 Å². The molecule has 0 aromatic heterocycles. The standard InChI is InChI=1S/C22H25P.H2O/c1-3-18(2)19-14-16-22(17-15-19)23(20-10-6-4-7-11-20)21-12-8-5-9-13-21;/h4,6-8,10-18H,3,5,9H2,1-2H3;1H2. The molecule has 126 valence electrons. The van der Waals surface area contributed by atoms with Crippen molar-refractivity contribution < 1.29 is 5.48 Å². The first-order chi connectivity index (χ1) is 11.3. The monoisotopic (exact) mass is 338 g/mol. The fraction of sp³-hybridized carbons (Fsp3) is 0.273. The lowest BCUT2D eigenvalue weighted by Gasteiger charge is -2.22. The molecule has 1 nitrogen and oxygen atoms in total. The summed E-state index contributed by atoms with van der Waals surface area (Å²) in [7, 11) is -0.431. The highest BCUT2D eigenvalue weighted by Crippen LogP contribution is 2.45. The molecule has 1 aliphatic carbocycles. The predicted octanol–water partition coefficient (Wildman–Crippen LogP) is 5.04. The molecule has 2 aromatic rings. The Morgan fingerprint density at radius 3 is 2.17 bits per heavy atom. The van der Waals surface area contributed by atoms with E-state index < -0.39 is 7.92 Å². The highest BCUT2D eigenvalue weighted by atomic mass is 31.1. The highest BCUT2D eigenvalue weighted by Gasteiger charge is 2.18. The van der Waals surface area contributed by atoms with Gasteiger partial charge < -0.3 is 5.48 Å². The average molecular weight is 338 g/mol. The molecular weight excluding hydrogens is 311 g/mol. The van der Waals surface area contributed by atoms with E-state index in [1.807, 2.05) is 0 Å². The molecule has 0 aliphatic heterocycles. The number of rotatable bonds is 5. The fourth-order valence-electron chi connectivity index (χ4n) is 2.98. The van der Waals surface area contributed by atoms with Gasteiger partial charge in [0.05, 0.1) is 0 Å². The van der Waals surface area contributed by atoms with E-state index >= 15 is 0 Å². The smallest absolute Gasteiger partial charge is 0.0138 e. The van der Waals surface area contributed by atoms with E-state index in [-0.39, 0.29) is 5.48 Å². The summed E-state index contributed by atoms with van der Waals surface area (Å²) in [6, 6.07) is 20.3. The van der Waals surface area contributed by atoms with E-state index in [4.69, 9.17) is 0 Å². The van der Waals surface area contributed by atoms with Crippen molar-refractivity contribution in [3.05, 3.63) is 83.7 Å². The minimum Gasteiger partial charge on any atom is -0.412 e. The van der Waals surface area contributed by atoms with Crippen LogP contribution in [0.1, 0.15) is 44.6 Å². The zero-order valence-corrected chi connectivity index (χ0v) is 15.5. The van der Waals surface area contributed by atoms with Gasteiger partial charge in [-0.2, -0.15) is 0 Å². The van der Waals surface area contributed by atoms with Gasteiger partial charge in [0.2, 0.25) is 0 Å². The quantitative estimate of drug-likeness (QED) is 0.684. The summed E-state index contributed by atoms with van der Waals surface area (Å²) < 4.78 is 0. The largest absolute Gasteiger partial charge is 0.412 e. The SMILES string of the molecule is CCC(C)c1ccc(P(C2=CCCC=C2)c2ccccc2)cc1.O. The van der Waals surface area contributed by atoms with Gasteiger partial charge in [-0.3, -0.25) is 0 Å². The zero-order chi connectivity index (χ0) is 16.1. The Morgan fingerprint density at radius 2 is 1.58 bits per heavy atom. The third-order valence-electron chi connectivity index (χ3n) is 4.58. The van der Waals surface area contributed by atoms with Gasteiger partial charge in [0, 0.05) is 0 Å². The second kappa shape index (κ2) is 8.97. The average Bonchev–Trinajstić information content (AvgIpc) is 2.64. The topological polar surface area (TPSA) is 31.5 Å². The molecule has 0 spiro atoms. The van der Waals surface area contributed by atoms with Gasteiger partial charge in [-0.15, -0.1) is 0 Å². The van der Waals surface area contributed by atoms with E-state index in [9.17, 15) is 0 Å². The summed E-state index contributed by atoms with van der Waals surface area (Å²) in [4.78, 5) is 0. The van der Waals surface area contributed by atoms with Gasteiger partial charge in [-0.1, -0.05) is 86.7 Å². The van der Waals surface area contributed by atoms with E-state index in [1.165, 1.54) is 40.7 Å². The lowest BCUT2D eigenvalue weighted by atomic mass is 9.99. The fourth-order valence-corrected chi connectivity index (χ4v) is 5.36. The summed E-state index contributed by atoms with van der Waals surface area (Å²) >= 11 is 0. The normalized spacial score (nSPS) is 16.0. The van der Waals surface area contributed by atoms with Crippen molar-refractivity contribution in [1.29, 1.82) is 0 Å². The molecule has 2 atom stereocenters. The summed E-state index contributed by atoms with van der Waals surface area (Å²) in [5.41, 5.74) is 1.45. The Balaban J connectivity index is 0.00000208. The lowest BCUT2D eigenvalue weighted by molar-refractivity contribution is 0.734. The number of hydrogen-bond acceptors (Lipinski definition) is 0. The van der Waals surface area contributed by atoms with Crippen LogP contribution in [0, 0.1) is 0 Å². The van der Waals surface area contributed by atoms with Crippen molar-refractivity contribution in [3.8, 4) is 0 Å². The molecule has 2 unspecified atom stereocenters. The van der Waals surface area contributed by atoms with Crippen LogP contribution in [0.3, 0.4) is 0 Å². The van der Waals surface area contributed by atoms with Crippen molar-refractivity contribution in [2.45, 2.75) is 39.0 Å². The maximum absolute atomic E-state index is 2.43. The molecule has 0 saturated heterocycles. The van der Waals surface area contributed by atoms with Crippen molar-refractivity contribution in [3.63, 3.8) is 0 Å². The van der Waals surface area contributed by atoms with Gasteiger partial charge >= 0.3 is 0 Å². The molecule has 2 N–H and O–H groups in total. The van der Waals surface area contributed by atoms with Crippen LogP contribution in [0.25, 0.3) is 0 Å². The molecule has 2 aromatic carbocycles. The third kappa shape index (κ3) is 4.23. The van der Waals surface area contributed by atoms with E-state index in [2.05, 4.69) is 86.7 Å². The van der Waals surface area contributed by atoms with Crippen molar-refractivity contribution >= 4 is 18.5 Å². The summed E-state index contributed by atoms with van der Waals surface area (Å²) in [5, 5.41) is 4.39. The minimum absolute atomic E-state index is 0. The van der Waals surface area contributed by atoms with Gasteiger partial charge in [0.25, 0.3) is 0 Å². The summed E-state index contributed by atoms with van der Waals surface area (Å²) in [5.74, 6) is 0.640. The van der Waals surface area contributed by atoms with Crippen molar-refractivity contribution in [1.82, 2.24) is 0 Å². The maximum atomic E-state index is 2.43. The summed E-state index contributed by atoms with van der Waals surface area (Å²) in [6.45, 7) is 4.56. The predicted molar refractivity (Wildman–Crippen MR) is 108 cm³/mol. The highest BCUT2D eigenvalue weighted by molar-refractivity contribution is 7.77. The Hall–Kier alpha value is -1.69. The first-order valence-electron chi connectivity index (χ1n) is 8.61. The van der Waals surface area contributed by atoms with Crippen LogP contribution in [0.5, 0.6) is 0 Å². The Bertz CT molecular complexity index is 686. The second-order valence-corrected chi connectivity index (χ2v) is 8.40. The molecule has 0 bridgehead atoms. The second-order valence-electron chi connectivity index (χ2n) is 6.18. The minimum atomic E-state index is -0.431. The molecule has 0 heterocycles. The first-order valence-corrected chi connectivity index (χ1v) is 9.95. The van der Waals surface area contributed by atoms with Crippen LogP contribution >= 0.6 is 7.92 Å². The molecular formula is C22H27OP. The third-order valence-corrected chi connectivity index (χ3v) is 7.06. The van der Waals surface area contributed by atoms with Crippen molar-refractivity contribution in [2.24, 2.45) is 0 Å². The van der Waals surface area contributed by atoms with Crippen molar-refractivity contribution in [2.75, 3.05) is 0 Å². The maximum Gasteiger partial charge on any atom is -0.0138 e. The molecule has 2 heteroatoms. The van der Waals surface area contributed by atoms with Crippen LogP contribution in [-0.4, -0.2) is 5.48 Å². The lowest BCUT2D eigenvalue weighted by Crippen LogP contribution is -2.13. The zero-order valence-electron chi connectivity index (χ0n) is 14.6. The van der Waals surface area contributed by atoms with Crippen LogP contribution in [-0.2, 0) is 0 Å². The Labute approximate surface area is 147 Å². The van der Waals surface area contributed by atoms with Crippen LogP contribution in [0.4, 0.5) is 0 Å². The molecule has 0 radical (unpaired) electrons. The van der Waals surface area contributed by atoms with Gasteiger partial charge in [0.1, 0.15) is 0 Å². The molecule has 1 aliphatic rings. The Morgan fingerprint density at radius 1 is 0.917 bits per heavy atom. The van der Waals surface area contributed by atoms with Crippen LogP contribution in [0.15, 0.2) is 78.1 Å². The molecule has 24 heavy (non-hydrogen) atoms. The van der Waals surface area contributed by atoms with E-state index in [0.29, 0.717) is 5.92 Å². The van der Waals surface area contributed by atoms with E-state index in [0.717, 1.165) is 0 Å². The number of benzene rings is 2. The first kappa shape index (κ1) is 18.6. The van der Waals surface area contributed by atoms with Crippen LogP contribution in [0.2, 0.25) is 0 Å². The van der Waals surface area contributed by atoms with Gasteiger partial charge in [-0.25, -0.2) is 0 Å².